The summed E-state index contributed by atoms with van der Waals surface area (Å²) in [5.74, 6) is -0.537. The number of ketones is 1. The number of esters is 1. The Morgan fingerprint density at radius 2 is 2.11 bits per heavy atom. The SMILES string of the molecule is COC(=O)CCCC(=O)/C=C1\NC(=O)C(C(C)C)O1. The Hall–Kier alpha value is -1.85. The van der Waals surface area contributed by atoms with E-state index in [1.54, 1.807) is 0 Å². The van der Waals surface area contributed by atoms with Crippen LogP contribution in [0.3, 0.4) is 0 Å². The molecule has 0 spiro atoms. The van der Waals surface area contributed by atoms with Crippen LogP contribution in [0, 0.1) is 5.92 Å². The maximum Gasteiger partial charge on any atom is 0.305 e. The number of ether oxygens (including phenoxy) is 2. The molecule has 1 fully saturated rings. The van der Waals surface area contributed by atoms with Crippen molar-refractivity contribution in [2.45, 2.75) is 39.2 Å². The molecule has 19 heavy (non-hydrogen) atoms. The molecule has 106 valence electrons. The molecule has 1 amide bonds. The van der Waals surface area contributed by atoms with Crippen LogP contribution in [0.4, 0.5) is 0 Å². The highest BCUT2D eigenvalue weighted by Crippen LogP contribution is 2.17. The number of carbonyl (C=O) groups is 3. The zero-order chi connectivity index (χ0) is 14.4. The maximum absolute atomic E-state index is 11.6. The molecule has 1 saturated heterocycles. The van der Waals surface area contributed by atoms with Crippen molar-refractivity contribution in [2.24, 2.45) is 5.92 Å². The zero-order valence-corrected chi connectivity index (χ0v) is 11.4. The van der Waals surface area contributed by atoms with Crippen molar-refractivity contribution in [3.05, 3.63) is 12.0 Å². The summed E-state index contributed by atoms with van der Waals surface area (Å²) >= 11 is 0. The van der Waals surface area contributed by atoms with Crippen LogP contribution in [-0.2, 0) is 23.9 Å². The largest absolute Gasteiger partial charge is 0.469 e. The van der Waals surface area contributed by atoms with Gasteiger partial charge in [-0.1, -0.05) is 13.8 Å². The van der Waals surface area contributed by atoms with Gasteiger partial charge in [-0.2, -0.15) is 0 Å². The van der Waals surface area contributed by atoms with Crippen LogP contribution < -0.4 is 5.32 Å². The Balaban J connectivity index is 2.41. The molecule has 6 heteroatoms. The molecule has 0 bridgehead atoms. The van der Waals surface area contributed by atoms with Crippen LogP contribution in [0.15, 0.2) is 12.0 Å². The lowest BCUT2D eigenvalue weighted by molar-refractivity contribution is -0.140. The number of nitrogens with one attached hydrogen (secondary N) is 1. The fraction of sp³-hybridized carbons (Fsp3) is 0.615. The Morgan fingerprint density at radius 3 is 2.63 bits per heavy atom. The van der Waals surface area contributed by atoms with Crippen molar-refractivity contribution >= 4 is 17.7 Å². The van der Waals surface area contributed by atoms with Gasteiger partial charge >= 0.3 is 5.97 Å². The topological polar surface area (TPSA) is 81.7 Å². The van der Waals surface area contributed by atoms with E-state index in [0.29, 0.717) is 6.42 Å². The number of methoxy groups -OCH3 is 1. The quantitative estimate of drug-likeness (QED) is 0.572. The van der Waals surface area contributed by atoms with E-state index in [-0.39, 0.29) is 42.3 Å². The molecule has 0 radical (unpaired) electrons. The van der Waals surface area contributed by atoms with Gasteiger partial charge in [0.2, 0.25) is 0 Å². The van der Waals surface area contributed by atoms with Crippen LogP contribution in [0.1, 0.15) is 33.1 Å². The molecule has 1 aliphatic rings. The minimum atomic E-state index is -0.547. The summed E-state index contributed by atoms with van der Waals surface area (Å²) in [7, 11) is 1.31. The Kier molecular flexibility index (Phi) is 5.54. The molecule has 0 aromatic heterocycles. The van der Waals surface area contributed by atoms with Crippen molar-refractivity contribution in [3.63, 3.8) is 0 Å². The zero-order valence-electron chi connectivity index (χ0n) is 11.4. The van der Waals surface area contributed by atoms with Gasteiger partial charge in [0.15, 0.2) is 17.8 Å². The first-order chi connectivity index (χ1) is 8.93. The predicted octanol–water partition coefficient (Wildman–Crippen LogP) is 0.911. The van der Waals surface area contributed by atoms with E-state index in [9.17, 15) is 14.4 Å². The number of amides is 1. The summed E-state index contributed by atoms with van der Waals surface area (Å²) in [5, 5.41) is 2.51. The third-order valence-corrected chi connectivity index (χ3v) is 2.69. The molecule has 6 nitrogen and oxygen atoms in total. The Bertz CT molecular complexity index is 400. The molecule has 1 unspecified atom stereocenters. The van der Waals surface area contributed by atoms with Crippen LogP contribution in [-0.4, -0.2) is 30.9 Å². The first-order valence-electron chi connectivity index (χ1n) is 6.23. The number of carbonyl (C=O) groups excluding carboxylic acids is 3. The van der Waals surface area contributed by atoms with E-state index in [1.807, 2.05) is 13.8 Å². The highest BCUT2D eigenvalue weighted by molar-refractivity contribution is 5.92. The lowest BCUT2D eigenvalue weighted by atomic mass is 10.1. The average Bonchev–Trinajstić information content (AvgIpc) is 2.70. The summed E-state index contributed by atoms with van der Waals surface area (Å²) in [6.45, 7) is 3.73. The second-order valence-corrected chi connectivity index (χ2v) is 4.68. The maximum atomic E-state index is 11.6. The lowest BCUT2D eigenvalue weighted by Gasteiger charge is -2.10. The third-order valence-electron chi connectivity index (χ3n) is 2.69. The molecular weight excluding hydrogens is 250 g/mol. The monoisotopic (exact) mass is 269 g/mol. The van der Waals surface area contributed by atoms with Crippen LogP contribution in [0.5, 0.6) is 0 Å². The van der Waals surface area contributed by atoms with E-state index in [1.165, 1.54) is 13.2 Å². The number of hydrogen-bond acceptors (Lipinski definition) is 5. The van der Waals surface area contributed by atoms with Crippen molar-refractivity contribution in [1.82, 2.24) is 5.32 Å². The van der Waals surface area contributed by atoms with E-state index in [2.05, 4.69) is 10.1 Å². The normalized spacial score (nSPS) is 20.3. The number of allylic oxidation sites excluding steroid dienone is 1. The number of rotatable bonds is 6. The first kappa shape index (κ1) is 15.2. The van der Waals surface area contributed by atoms with Crippen molar-refractivity contribution < 1.29 is 23.9 Å². The Labute approximate surface area is 112 Å². The molecule has 1 N–H and O–H groups in total. The molecule has 1 rings (SSSR count). The van der Waals surface area contributed by atoms with Gasteiger partial charge < -0.3 is 9.47 Å². The third kappa shape index (κ3) is 4.73. The molecule has 1 atom stereocenters. The van der Waals surface area contributed by atoms with E-state index in [0.717, 1.165) is 0 Å². The van der Waals surface area contributed by atoms with Crippen LogP contribution in [0.25, 0.3) is 0 Å². The molecule has 1 heterocycles. The fourth-order valence-electron chi connectivity index (χ4n) is 1.65. The minimum absolute atomic E-state index is 0.0420. The molecule has 0 aliphatic carbocycles. The van der Waals surface area contributed by atoms with Gasteiger partial charge in [0.1, 0.15) is 0 Å². The standard InChI is InChI=1S/C13H19NO5/c1-8(2)12-13(17)14-10(19-12)7-9(15)5-4-6-11(16)18-3/h7-8,12H,4-6H2,1-3H3,(H,14,17)/b10-7+. The van der Waals surface area contributed by atoms with Gasteiger partial charge in [-0.3, -0.25) is 19.7 Å². The summed E-state index contributed by atoms with van der Waals surface area (Å²) in [6.07, 6.45) is 1.54. The van der Waals surface area contributed by atoms with Gasteiger partial charge in [0, 0.05) is 18.9 Å². The van der Waals surface area contributed by atoms with Crippen molar-refractivity contribution in [3.8, 4) is 0 Å². The first-order valence-corrected chi connectivity index (χ1v) is 6.23. The van der Waals surface area contributed by atoms with Gasteiger partial charge in [0.05, 0.1) is 7.11 Å². The summed E-state index contributed by atoms with van der Waals surface area (Å²) in [5.41, 5.74) is 0. The lowest BCUT2D eigenvalue weighted by Crippen LogP contribution is -2.27. The molecular formula is C13H19NO5. The van der Waals surface area contributed by atoms with Crippen molar-refractivity contribution in [2.75, 3.05) is 7.11 Å². The molecule has 0 aromatic rings. The predicted molar refractivity (Wildman–Crippen MR) is 66.8 cm³/mol. The minimum Gasteiger partial charge on any atom is -0.469 e. The van der Waals surface area contributed by atoms with Gasteiger partial charge in [-0.25, -0.2) is 0 Å². The highest BCUT2D eigenvalue weighted by atomic mass is 16.5. The van der Waals surface area contributed by atoms with E-state index >= 15 is 0 Å². The Morgan fingerprint density at radius 1 is 1.42 bits per heavy atom. The molecule has 0 saturated carbocycles. The van der Waals surface area contributed by atoms with Gasteiger partial charge in [0.25, 0.3) is 5.91 Å². The van der Waals surface area contributed by atoms with Crippen LogP contribution in [0.2, 0.25) is 0 Å². The summed E-state index contributed by atoms with van der Waals surface area (Å²) in [6, 6.07) is 0. The second-order valence-electron chi connectivity index (χ2n) is 4.68. The second kappa shape index (κ2) is 6.92. The van der Waals surface area contributed by atoms with E-state index in [4.69, 9.17) is 4.74 Å². The van der Waals surface area contributed by atoms with Gasteiger partial charge in [-0.05, 0) is 12.3 Å². The van der Waals surface area contributed by atoms with Crippen LogP contribution >= 0.6 is 0 Å². The molecule has 0 aromatic carbocycles. The van der Waals surface area contributed by atoms with Gasteiger partial charge in [-0.15, -0.1) is 0 Å². The van der Waals surface area contributed by atoms with E-state index < -0.39 is 6.10 Å². The smallest absolute Gasteiger partial charge is 0.305 e. The summed E-state index contributed by atoms with van der Waals surface area (Å²) < 4.78 is 9.81. The highest BCUT2D eigenvalue weighted by Gasteiger charge is 2.32. The number of hydrogen-bond donors (Lipinski definition) is 1. The summed E-state index contributed by atoms with van der Waals surface area (Å²) in [4.78, 5) is 34.0. The average molecular weight is 269 g/mol. The fourth-order valence-corrected chi connectivity index (χ4v) is 1.65. The van der Waals surface area contributed by atoms with Crippen molar-refractivity contribution in [1.29, 1.82) is 0 Å². The molecule has 1 aliphatic heterocycles.